The molecule has 3 aromatic carbocycles. The van der Waals surface area contributed by atoms with Crippen molar-refractivity contribution in [3.05, 3.63) is 95.1 Å². The fourth-order valence-corrected chi connectivity index (χ4v) is 4.95. The van der Waals surface area contributed by atoms with Crippen LogP contribution in [-0.2, 0) is 16.0 Å². The summed E-state index contributed by atoms with van der Waals surface area (Å²) < 4.78 is 5.87. The van der Waals surface area contributed by atoms with Crippen LogP contribution >= 0.6 is 0 Å². The van der Waals surface area contributed by atoms with E-state index in [1.54, 1.807) is 19.0 Å². The van der Waals surface area contributed by atoms with Gasteiger partial charge in [0.05, 0.1) is 0 Å². The second-order valence-corrected chi connectivity index (χ2v) is 8.58. The van der Waals surface area contributed by atoms with Gasteiger partial charge < -0.3 is 9.64 Å². The molecule has 0 radical (unpaired) electrons. The highest BCUT2D eigenvalue weighted by Crippen LogP contribution is 2.44. The number of rotatable bonds is 3. The number of hydrogen-bond donors (Lipinski definition) is 0. The van der Waals surface area contributed by atoms with Crippen LogP contribution < -0.4 is 0 Å². The lowest BCUT2D eigenvalue weighted by molar-refractivity contribution is -0.134. The number of fused-ring (bicyclic) bond motifs is 4. The Kier molecular flexibility index (Phi) is 5.17. The van der Waals surface area contributed by atoms with E-state index in [-0.39, 0.29) is 18.4 Å². The van der Waals surface area contributed by atoms with Gasteiger partial charge in [0.25, 0.3) is 0 Å². The van der Waals surface area contributed by atoms with E-state index < -0.39 is 12.1 Å². The van der Waals surface area contributed by atoms with Crippen LogP contribution in [0.4, 0.5) is 4.79 Å². The highest BCUT2D eigenvalue weighted by Gasteiger charge is 2.38. The number of likely N-dealkylation sites (N-methyl/N-ethyl adjacent to an activating group) is 1. The molecule has 5 rings (SSSR count). The Morgan fingerprint density at radius 3 is 2.06 bits per heavy atom. The summed E-state index contributed by atoms with van der Waals surface area (Å²) in [6.07, 6.45) is 0.263. The van der Waals surface area contributed by atoms with Gasteiger partial charge in [-0.15, -0.1) is 0 Å². The molecule has 0 unspecified atom stereocenters. The second-order valence-electron chi connectivity index (χ2n) is 8.58. The lowest BCUT2D eigenvalue weighted by Crippen LogP contribution is -2.47. The molecule has 0 saturated carbocycles. The van der Waals surface area contributed by atoms with Gasteiger partial charge >= 0.3 is 6.09 Å². The zero-order chi connectivity index (χ0) is 22.2. The molecule has 32 heavy (non-hydrogen) atoms. The second kappa shape index (κ2) is 8.15. The van der Waals surface area contributed by atoms with Crippen molar-refractivity contribution in [2.24, 2.45) is 0 Å². The topological polar surface area (TPSA) is 49.9 Å². The number of hydrogen-bond acceptors (Lipinski definition) is 3. The van der Waals surface area contributed by atoms with Gasteiger partial charge in [-0.1, -0.05) is 72.8 Å². The van der Waals surface area contributed by atoms with E-state index in [0.717, 1.165) is 11.1 Å². The summed E-state index contributed by atoms with van der Waals surface area (Å²) in [7, 11) is 3.44. The van der Waals surface area contributed by atoms with Crippen LogP contribution in [-0.4, -0.2) is 49.0 Å². The number of carbonyl (C=O) groups excluding carboxylic acids is 2. The van der Waals surface area contributed by atoms with Crippen molar-refractivity contribution in [1.29, 1.82) is 0 Å². The highest BCUT2D eigenvalue weighted by molar-refractivity contribution is 5.87. The van der Waals surface area contributed by atoms with Gasteiger partial charge in [-0.25, -0.2) is 4.79 Å². The van der Waals surface area contributed by atoms with Gasteiger partial charge in [0, 0.05) is 26.6 Å². The molecule has 0 spiro atoms. The predicted molar refractivity (Wildman–Crippen MR) is 123 cm³/mol. The molecule has 1 heterocycles. The summed E-state index contributed by atoms with van der Waals surface area (Å²) in [5.41, 5.74) is 6.72. The van der Waals surface area contributed by atoms with E-state index in [0.29, 0.717) is 13.0 Å². The first kappa shape index (κ1) is 20.3. The first-order valence-electron chi connectivity index (χ1n) is 11.0. The minimum absolute atomic E-state index is 0.00794. The molecule has 2 amide bonds. The summed E-state index contributed by atoms with van der Waals surface area (Å²) >= 11 is 0. The molecule has 0 fully saturated rings. The molecule has 0 bridgehead atoms. The monoisotopic (exact) mass is 426 g/mol. The normalized spacial score (nSPS) is 16.7. The maximum atomic E-state index is 13.3. The Bertz CT molecular complexity index is 1140. The van der Waals surface area contributed by atoms with Crippen molar-refractivity contribution in [2.45, 2.75) is 18.4 Å². The van der Waals surface area contributed by atoms with Gasteiger partial charge in [0.15, 0.2) is 0 Å². The first-order chi connectivity index (χ1) is 15.6. The Labute approximate surface area is 188 Å². The Balaban J connectivity index is 1.40. The van der Waals surface area contributed by atoms with E-state index in [1.807, 2.05) is 48.5 Å². The van der Waals surface area contributed by atoms with E-state index in [2.05, 4.69) is 24.3 Å². The highest BCUT2D eigenvalue weighted by atomic mass is 16.6. The van der Waals surface area contributed by atoms with Crippen molar-refractivity contribution >= 4 is 12.0 Å². The minimum atomic E-state index is -0.661. The largest absolute Gasteiger partial charge is 0.448 e. The van der Waals surface area contributed by atoms with Crippen LogP contribution in [0.1, 0.15) is 34.2 Å². The Morgan fingerprint density at radius 2 is 1.44 bits per heavy atom. The summed E-state index contributed by atoms with van der Waals surface area (Å²) in [5.74, 6) is -0.128. The van der Waals surface area contributed by atoms with Crippen molar-refractivity contribution in [3.63, 3.8) is 0 Å². The molecule has 2 aliphatic rings. The summed E-state index contributed by atoms with van der Waals surface area (Å²) in [6, 6.07) is 23.7. The molecule has 3 aromatic rings. The molecular formula is C27H26N2O3. The van der Waals surface area contributed by atoms with Crippen molar-refractivity contribution < 1.29 is 14.3 Å². The molecule has 0 saturated heterocycles. The van der Waals surface area contributed by atoms with Crippen molar-refractivity contribution in [3.8, 4) is 11.1 Å². The third-order valence-corrected chi connectivity index (χ3v) is 6.53. The van der Waals surface area contributed by atoms with Gasteiger partial charge in [-0.3, -0.25) is 9.69 Å². The van der Waals surface area contributed by atoms with Crippen LogP contribution in [0.3, 0.4) is 0 Å². The predicted octanol–water partition coefficient (Wildman–Crippen LogP) is 4.62. The van der Waals surface area contributed by atoms with Gasteiger partial charge in [-0.05, 0) is 39.8 Å². The van der Waals surface area contributed by atoms with Crippen LogP contribution in [0, 0.1) is 0 Å². The SMILES string of the molecule is CN(C)C(=O)[C@@H]1c2ccccc2CCN1C(=O)OCC1c2ccccc2-c2ccccc21. The average molecular weight is 427 g/mol. The van der Waals surface area contributed by atoms with Gasteiger partial charge in [0.1, 0.15) is 12.6 Å². The number of amides is 2. The summed E-state index contributed by atoms with van der Waals surface area (Å²) in [4.78, 5) is 29.4. The zero-order valence-electron chi connectivity index (χ0n) is 18.3. The molecule has 0 aromatic heterocycles. The van der Waals surface area contributed by atoms with Crippen molar-refractivity contribution in [2.75, 3.05) is 27.2 Å². The fourth-order valence-electron chi connectivity index (χ4n) is 4.95. The Hall–Kier alpha value is -3.60. The number of ether oxygens (including phenoxy) is 1. The summed E-state index contributed by atoms with van der Waals surface area (Å²) in [5, 5.41) is 0. The average Bonchev–Trinajstić information content (AvgIpc) is 3.15. The van der Waals surface area contributed by atoms with Crippen molar-refractivity contribution in [1.82, 2.24) is 9.80 Å². The van der Waals surface area contributed by atoms with E-state index in [4.69, 9.17) is 4.74 Å². The zero-order valence-corrected chi connectivity index (χ0v) is 18.3. The maximum absolute atomic E-state index is 13.3. The van der Waals surface area contributed by atoms with E-state index in [1.165, 1.54) is 27.2 Å². The van der Waals surface area contributed by atoms with Crippen LogP contribution in [0.5, 0.6) is 0 Å². The standard InChI is InChI=1S/C27H26N2O3/c1-28(2)26(30)25-19-10-4-3-9-18(19)15-16-29(25)27(31)32-17-24-22-13-7-5-11-20(22)21-12-6-8-14-23(21)24/h3-14,24-25H,15-17H2,1-2H3/t25-/m0/s1. The molecule has 1 aliphatic carbocycles. The molecule has 0 N–H and O–H groups in total. The number of carbonyl (C=O) groups is 2. The Morgan fingerprint density at radius 1 is 0.875 bits per heavy atom. The third-order valence-electron chi connectivity index (χ3n) is 6.53. The molecule has 1 aliphatic heterocycles. The lowest BCUT2D eigenvalue weighted by Gasteiger charge is -2.37. The van der Waals surface area contributed by atoms with Gasteiger partial charge in [0.2, 0.25) is 5.91 Å². The number of benzene rings is 3. The van der Waals surface area contributed by atoms with Crippen LogP contribution in [0.2, 0.25) is 0 Å². The first-order valence-corrected chi connectivity index (χ1v) is 11.0. The van der Waals surface area contributed by atoms with Gasteiger partial charge in [-0.2, -0.15) is 0 Å². The van der Waals surface area contributed by atoms with Crippen LogP contribution in [0.25, 0.3) is 11.1 Å². The van der Waals surface area contributed by atoms with E-state index in [9.17, 15) is 9.59 Å². The molecule has 1 atom stereocenters. The quantitative estimate of drug-likeness (QED) is 0.614. The molecular weight excluding hydrogens is 400 g/mol. The number of nitrogens with zero attached hydrogens (tertiary/aromatic N) is 2. The minimum Gasteiger partial charge on any atom is -0.448 e. The van der Waals surface area contributed by atoms with E-state index >= 15 is 0 Å². The molecule has 5 nitrogen and oxygen atoms in total. The summed E-state index contributed by atoms with van der Waals surface area (Å²) in [6.45, 7) is 0.700. The molecule has 162 valence electrons. The van der Waals surface area contributed by atoms with Crippen LogP contribution in [0.15, 0.2) is 72.8 Å². The smallest absolute Gasteiger partial charge is 0.410 e. The lowest BCUT2D eigenvalue weighted by atomic mass is 9.92. The maximum Gasteiger partial charge on any atom is 0.410 e. The third kappa shape index (κ3) is 3.34. The molecule has 5 heteroatoms. The fraction of sp³-hybridized carbons (Fsp3) is 0.259.